The Kier molecular flexibility index (Phi) is 18.7. The van der Waals surface area contributed by atoms with Crippen LogP contribution in [0.1, 0.15) is 97.3 Å². The monoisotopic (exact) mass is 374 g/mol. The number of rotatable bonds is 15. The van der Waals surface area contributed by atoms with E-state index in [4.69, 9.17) is 9.29 Å². The van der Waals surface area contributed by atoms with Crippen molar-refractivity contribution in [2.24, 2.45) is 0 Å². The molecule has 0 saturated carbocycles. The molecule has 0 aliphatic carbocycles. The Labute approximate surface area is 170 Å². The molecule has 24 heavy (non-hydrogen) atoms. The van der Waals surface area contributed by atoms with Gasteiger partial charge in [0.1, 0.15) is 0 Å². The fourth-order valence-corrected chi connectivity index (χ4v) is 3.14. The maximum atomic E-state index is 11.5. The molecule has 1 N–H and O–H groups in total. The summed E-state index contributed by atoms with van der Waals surface area (Å²) in [5.41, 5.74) is -1.43. The summed E-state index contributed by atoms with van der Waals surface area (Å²) in [7, 11) is -4.31. The van der Waals surface area contributed by atoms with E-state index < -0.39 is 21.5 Å². The van der Waals surface area contributed by atoms with Crippen LogP contribution in [0.3, 0.4) is 0 Å². The van der Waals surface area contributed by atoms with Crippen molar-refractivity contribution in [1.82, 2.24) is 0 Å². The molecule has 0 aliphatic rings. The summed E-state index contributed by atoms with van der Waals surface area (Å²) in [5.74, 6) is -0.551. The first kappa shape index (κ1) is 26.6. The normalized spacial score (nSPS) is 12.5. The zero-order chi connectivity index (χ0) is 17.6. The molecule has 0 spiro atoms. The Balaban J connectivity index is 0. The van der Waals surface area contributed by atoms with Crippen LogP contribution < -0.4 is 0 Å². The fraction of sp³-hybridized carbons (Fsp3) is 0.941. The van der Waals surface area contributed by atoms with Crippen molar-refractivity contribution in [3.8, 4) is 0 Å². The minimum absolute atomic E-state index is 0. The van der Waals surface area contributed by atoms with E-state index in [2.05, 4.69) is 6.92 Å². The molecule has 1 unspecified atom stereocenters. The van der Waals surface area contributed by atoms with E-state index in [-0.39, 0.29) is 42.4 Å². The number of carbonyl (C=O) groups is 1. The summed E-state index contributed by atoms with van der Waals surface area (Å²) >= 11 is 0. The second-order valence-electron chi connectivity index (χ2n) is 6.13. The molecule has 1 atom stereocenters. The van der Waals surface area contributed by atoms with Gasteiger partial charge in [-0.1, -0.05) is 78.1 Å². The number of hydrogen-bond acceptors (Lipinski definition) is 4. The predicted molar refractivity (Wildman–Crippen MR) is 99.9 cm³/mol. The van der Waals surface area contributed by atoms with E-state index in [1.165, 1.54) is 51.4 Å². The van der Waals surface area contributed by atoms with Crippen LogP contribution in [0.25, 0.3) is 0 Å². The molecule has 0 aromatic carbocycles. The molecule has 0 aromatic heterocycles. The molecule has 0 aliphatic heterocycles. The van der Waals surface area contributed by atoms with Crippen molar-refractivity contribution in [1.29, 1.82) is 0 Å². The first-order valence-corrected chi connectivity index (χ1v) is 10.6. The first-order valence-electron chi connectivity index (χ1n) is 9.07. The molecule has 0 heterocycles. The zero-order valence-corrected chi connectivity index (χ0v) is 15.6. The van der Waals surface area contributed by atoms with Crippen LogP contribution in [-0.4, -0.2) is 53.9 Å². The van der Waals surface area contributed by atoms with Crippen molar-refractivity contribution in [3.63, 3.8) is 0 Å². The number of esters is 1. The summed E-state index contributed by atoms with van der Waals surface area (Å²) < 4.78 is 35.5. The third-order valence-corrected chi connectivity index (χ3v) is 5.01. The van der Waals surface area contributed by atoms with E-state index in [9.17, 15) is 13.2 Å². The first-order chi connectivity index (χ1) is 10.9. The SMILES string of the molecule is CCCCCCCCCCCCCC(=O)OC(CC)S(=O)(=O)O.[NaH]. The molecule has 7 heteroatoms. The molecule has 140 valence electrons. The molecule has 0 aromatic rings. The Bertz CT molecular complexity index is 398. The number of unbranched alkanes of at least 4 members (excludes halogenated alkanes) is 10. The summed E-state index contributed by atoms with van der Waals surface area (Å²) in [5, 5.41) is 0. The van der Waals surface area contributed by atoms with E-state index in [1.807, 2.05) is 0 Å². The van der Waals surface area contributed by atoms with Crippen LogP contribution in [0.2, 0.25) is 0 Å². The summed E-state index contributed by atoms with van der Waals surface area (Å²) in [6, 6.07) is 0. The number of hydrogen-bond donors (Lipinski definition) is 1. The summed E-state index contributed by atoms with van der Waals surface area (Å²) in [4.78, 5) is 11.5. The molecular formula is C17H35NaO5S. The molecule has 0 radical (unpaired) electrons. The number of carbonyl (C=O) groups excluding carboxylic acids is 1. The molecule has 0 rings (SSSR count). The third kappa shape index (κ3) is 15.9. The van der Waals surface area contributed by atoms with Gasteiger partial charge in [-0.15, -0.1) is 0 Å². The van der Waals surface area contributed by atoms with Crippen LogP contribution in [0.5, 0.6) is 0 Å². The zero-order valence-electron chi connectivity index (χ0n) is 14.8. The molecule has 0 amide bonds. The predicted octanol–water partition coefficient (Wildman–Crippen LogP) is 4.21. The molecular weight excluding hydrogens is 339 g/mol. The Morgan fingerprint density at radius 3 is 1.67 bits per heavy atom. The minimum atomic E-state index is -4.31. The topological polar surface area (TPSA) is 80.7 Å². The van der Waals surface area contributed by atoms with Crippen LogP contribution >= 0.6 is 0 Å². The van der Waals surface area contributed by atoms with E-state index in [1.54, 1.807) is 6.92 Å². The molecule has 0 saturated heterocycles. The average molecular weight is 375 g/mol. The van der Waals surface area contributed by atoms with Gasteiger partial charge in [-0.25, -0.2) is 0 Å². The third-order valence-electron chi connectivity index (χ3n) is 3.91. The molecule has 0 bridgehead atoms. The summed E-state index contributed by atoms with van der Waals surface area (Å²) in [6.45, 7) is 3.77. The fourth-order valence-electron chi connectivity index (χ4n) is 2.49. The van der Waals surface area contributed by atoms with E-state index >= 15 is 0 Å². The summed E-state index contributed by atoms with van der Waals surface area (Å²) in [6.07, 6.45) is 13.4. The van der Waals surface area contributed by atoms with Gasteiger partial charge in [0.2, 0.25) is 5.44 Å². The van der Waals surface area contributed by atoms with Crippen LogP contribution in [0.15, 0.2) is 0 Å². The molecule has 0 fully saturated rings. The Morgan fingerprint density at radius 2 is 1.29 bits per heavy atom. The van der Waals surface area contributed by atoms with Gasteiger partial charge in [0.25, 0.3) is 0 Å². The molecule has 5 nitrogen and oxygen atoms in total. The number of ether oxygens (including phenoxy) is 1. The van der Waals surface area contributed by atoms with Crippen molar-refractivity contribution < 1.29 is 22.5 Å². The van der Waals surface area contributed by atoms with Gasteiger partial charge in [-0.3, -0.25) is 9.35 Å². The quantitative estimate of drug-likeness (QED) is 0.201. The standard InChI is InChI=1S/C17H34O5S.Na.H/c1-3-5-6-7-8-9-10-11-12-13-14-15-16(18)22-17(4-2)23(19,20)21;;/h17H,3-15H2,1-2H3,(H,19,20,21);;. The van der Waals surface area contributed by atoms with Crippen LogP contribution in [-0.2, 0) is 19.6 Å². The van der Waals surface area contributed by atoms with Gasteiger partial charge in [0.15, 0.2) is 0 Å². The van der Waals surface area contributed by atoms with Crippen LogP contribution in [0, 0.1) is 0 Å². The van der Waals surface area contributed by atoms with Gasteiger partial charge in [0, 0.05) is 6.42 Å². The average Bonchev–Trinajstić information content (AvgIpc) is 2.49. The van der Waals surface area contributed by atoms with Gasteiger partial charge < -0.3 is 4.74 Å². The van der Waals surface area contributed by atoms with Crippen molar-refractivity contribution in [2.45, 2.75) is 103 Å². The van der Waals surface area contributed by atoms with Crippen molar-refractivity contribution in [2.75, 3.05) is 0 Å². The second kappa shape index (κ2) is 16.8. The van der Waals surface area contributed by atoms with Crippen molar-refractivity contribution >= 4 is 45.6 Å². The van der Waals surface area contributed by atoms with Crippen LogP contribution in [0.4, 0.5) is 0 Å². The van der Waals surface area contributed by atoms with Gasteiger partial charge in [-0.2, -0.15) is 8.42 Å². The van der Waals surface area contributed by atoms with E-state index in [0.717, 1.165) is 12.8 Å². The Morgan fingerprint density at radius 1 is 0.875 bits per heavy atom. The van der Waals surface area contributed by atoms with Gasteiger partial charge in [0.05, 0.1) is 0 Å². The Hall–Kier alpha value is 0.380. The van der Waals surface area contributed by atoms with Gasteiger partial charge >= 0.3 is 45.6 Å². The maximum absolute atomic E-state index is 11.5. The van der Waals surface area contributed by atoms with Crippen molar-refractivity contribution in [3.05, 3.63) is 0 Å². The van der Waals surface area contributed by atoms with E-state index in [0.29, 0.717) is 6.42 Å². The second-order valence-corrected chi connectivity index (χ2v) is 7.68. The van der Waals surface area contributed by atoms with Gasteiger partial charge in [-0.05, 0) is 12.8 Å².